The van der Waals surface area contributed by atoms with Crippen LogP contribution in [-0.4, -0.2) is 29.9 Å². The summed E-state index contributed by atoms with van der Waals surface area (Å²) >= 11 is 0. The number of benzene rings is 1. The van der Waals surface area contributed by atoms with Crippen LogP contribution in [0.5, 0.6) is 0 Å². The van der Waals surface area contributed by atoms with E-state index in [1.54, 1.807) is 0 Å². The number of amides is 1. The molecule has 1 heterocycles. The van der Waals surface area contributed by atoms with Crippen LogP contribution in [0.4, 0.5) is 5.69 Å². The number of hydrogen-bond donors (Lipinski definition) is 2. The first kappa shape index (κ1) is 21.5. The highest BCUT2D eigenvalue weighted by Crippen LogP contribution is 2.47. The highest BCUT2D eigenvalue weighted by Gasteiger charge is 2.49. The molecule has 1 amide bonds. The number of fused-ring (bicyclic) bond motifs is 2. The van der Waals surface area contributed by atoms with Crippen molar-refractivity contribution in [2.45, 2.75) is 51.1 Å². The average Bonchev–Trinajstić information content (AvgIpc) is 3.17. The largest absolute Gasteiger partial charge is 0.327 e. The van der Waals surface area contributed by atoms with Gasteiger partial charge in [-0.2, -0.15) is 0 Å². The number of carbonyl (C=O) groups is 1. The van der Waals surface area contributed by atoms with Gasteiger partial charge >= 0.3 is 0 Å². The Labute approximate surface area is 169 Å². The number of nitrogens with two attached hydrogens (primary N) is 1. The van der Waals surface area contributed by atoms with Gasteiger partial charge in [0.25, 0.3) is 0 Å². The highest BCUT2D eigenvalue weighted by atomic mass is 35.5. The minimum atomic E-state index is 0. The summed E-state index contributed by atoms with van der Waals surface area (Å²) in [5.41, 5.74) is 8.51. The van der Waals surface area contributed by atoms with E-state index in [-0.39, 0.29) is 42.7 Å². The van der Waals surface area contributed by atoms with Crippen LogP contribution in [0.3, 0.4) is 0 Å². The number of halogens is 2. The molecule has 2 aliphatic carbocycles. The Morgan fingerprint density at radius 3 is 2.54 bits per heavy atom. The van der Waals surface area contributed by atoms with Gasteiger partial charge < -0.3 is 11.1 Å². The van der Waals surface area contributed by atoms with Gasteiger partial charge in [0.1, 0.15) is 0 Å². The number of rotatable bonds is 4. The van der Waals surface area contributed by atoms with Crippen LogP contribution in [-0.2, 0) is 11.3 Å². The predicted molar refractivity (Wildman–Crippen MR) is 111 cm³/mol. The molecule has 3 N–H and O–H groups in total. The Bertz CT molecular complexity index is 604. The van der Waals surface area contributed by atoms with Crippen molar-refractivity contribution in [1.82, 2.24) is 4.90 Å². The number of nitrogens with one attached hydrogen (secondary N) is 1. The summed E-state index contributed by atoms with van der Waals surface area (Å²) in [5, 5.41) is 3.14. The molecule has 4 rings (SSSR count). The molecule has 26 heavy (non-hydrogen) atoms. The minimum Gasteiger partial charge on any atom is -0.327 e. The molecular formula is C20H31Cl2N3O. The van der Waals surface area contributed by atoms with Crippen molar-refractivity contribution in [3.05, 3.63) is 29.8 Å². The van der Waals surface area contributed by atoms with E-state index in [2.05, 4.69) is 28.4 Å². The van der Waals surface area contributed by atoms with E-state index in [4.69, 9.17) is 5.73 Å². The number of anilines is 1. The van der Waals surface area contributed by atoms with Crippen molar-refractivity contribution in [3.63, 3.8) is 0 Å². The van der Waals surface area contributed by atoms with Crippen molar-refractivity contribution < 1.29 is 4.79 Å². The van der Waals surface area contributed by atoms with E-state index in [1.165, 1.54) is 50.8 Å². The van der Waals surface area contributed by atoms with Gasteiger partial charge in [-0.1, -0.05) is 18.6 Å². The van der Waals surface area contributed by atoms with Gasteiger partial charge in [0.2, 0.25) is 5.91 Å². The second kappa shape index (κ2) is 9.41. The minimum absolute atomic E-state index is 0. The maximum Gasteiger partial charge on any atom is 0.229 e. The molecule has 1 saturated heterocycles. The molecule has 2 saturated carbocycles. The van der Waals surface area contributed by atoms with E-state index in [0.717, 1.165) is 18.7 Å². The SMILES string of the molecule is Cl.Cl.NC1C2CCC(C2)C1C(=O)Nc1cccc(CN2CCCCC2)c1. The number of carbonyl (C=O) groups excluding carboxylic acids is 1. The fraction of sp³-hybridized carbons (Fsp3) is 0.650. The molecule has 0 aromatic heterocycles. The van der Waals surface area contributed by atoms with Crippen molar-refractivity contribution in [1.29, 1.82) is 0 Å². The molecule has 1 aromatic carbocycles. The molecule has 4 unspecified atom stereocenters. The number of hydrogen-bond acceptors (Lipinski definition) is 3. The van der Waals surface area contributed by atoms with E-state index in [9.17, 15) is 4.79 Å². The fourth-order valence-corrected chi connectivity index (χ4v) is 5.07. The second-order valence-electron chi connectivity index (χ2n) is 7.96. The molecule has 3 aliphatic rings. The zero-order valence-corrected chi connectivity index (χ0v) is 16.9. The van der Waals surface area contributed by atoms with E-state index in [0.29, 0.717) is 11.8 Å². The van der Waals surface area contributed by atoms with Crippen LogP contribution in [0.1, 0.15) is 44.1 Å². The third-order valence-corrected chi connectivity index (χ3v) is 6.33. The molecule has 1 aliphatic heterocycles. The lowest BCUT2D eigenvalue weighted by Gasteiger charge is -2.27. The Balaban J connectivity index is 0.00000121. The van der Waals surface area contributed by atoms with Crippen LogP contribution in [0.2, 0.25) is 0 Å². The number of piperidine rings is 1. The first-order chi connectivity index (χ1) is 11.7. The zero-order valence-electron chi connectivity index (χ0n) is 15.2. The smallest absolute Gasteiger partial charge is 0.229 e. The third-order valence-electron chi connectivity index (χ3n) is 6.33. The quantitative estimate of drug-likeness (QED) is 0.808. The van der Waals surface area contributed by atoms with Crippen LogP contribution in [0.25, 0.3) is 0 Å². The number of likely N-dealkylation sites (tertiary alicyclic amines) is 1. The topological polar surface area (TPSA) is 58.4 Å². The Morgan fingerprint density at radius 2 is 1.85 bits per heavy atom. The maximum atomic E-state index is 12.7. The molecule has 4 nitrogen and oxygen atoms in total. The van der Waals surface area contributed by atoms with Gasteiger partial charge in [-0.25, -0.2) is 0 Å². The Morgan fingerprint density at radius 1 is 1.12 bits per heavy atom. The molecule has 146 valence electrons. The lowest BCUT2D eigenvalue weighted by atomic mass is 9.84. The first-order valence-corrected chi connectivity index (χ1v) is 9.58. The van der Waals surface area contributed by atoms with Crippen LogP contribution in [0.15, 0.2) is 24.3 Å². The number of nitrogens with zero attached hydrogens (tertiary/aromatic N) is 1. The lowest BCUT2D eigenvalue weighted by Crippen LogP contribution is -2.42. The lowest BCUT2D eigenvalue weighted by molar-refractivity contribution is -0.121. The molecule has 0 radical (unpaired) electrons. The molecule has 4 atom stereocenters. The van der Waals surface area contributed by atoms with E-state index in [1.807, 2.05) is 6.07 Å². The van der Waals surface area contributed by atoms with E-state index >= 15 is 0 Å². The fourth-order valence-electron chi connectivity index (χ4n) is 5.07. The van der Waals surface area contributed by atoms with Gasteiger partial charge in [0, 0.05) is 18.3 Å². The summed E-state index contributed by atoms with van der Waals surface area (Å²) in [6.45, 7) is 3.37. The van der Waals surface area contributed by atoms with Gasteiger partial charge in [0.15, 0.2) is 0 Å². The first-order valence-electron chi connectivity index (χ1n) is 9.58. The highest BCUT2D eigenvalue weighted by molar-refractivity contribution is 5.93. The molecule has 3 fully saturated rings. The normalized spacial score (nSPS) is 30.3. The summed E-state index contributed by atoms with van der Waals surface area (Å²) in [6.07, 6.45) is 7.49. The maximum absolute atomic E-state index is 12.7. The summed E-state index contributed by atoms with van der Waals surface area (Å²) in [6, 6.07) is 8.39. The van der Waals surface area contributed by atoms with Crippen LogP contribution < -0.4 is 11.1 Å². The van der Waals surface area contributed by atoms with Gasteiger partial charge in [-0.05, 0) is 74.7 Å². The average molecular weight is 400 g/mol. The molecule has 6 heteroatoms. The summed E-state index contributed by atoms with van der Waals surface area (Å²) < 4.78 is 0. The monoisotopic (exact) mass is 399 g/mol. The Hall–Kier alpha value is -0.810. The third kappa shape index (κ3) is 4.53. The standard InChI is InChI=1S/C20H29N3O.2ClH/c21-19-16-8-7-15(12-16)18(19)20(24)22-17-6-4-5-14(11-17)13-23-9-2-1-3-10-23;;/h4-6,11,15-16,18-19H,1-3,7-10,12-13,21H2,(H,22,24);2*1H. The van der Waals surface area contributed by atoms with Gasteiger partial charge in [-0.15, -0.1) is 24.8 Å². The van der Waals surface area contributed by atoms with Crippen LogP contribution in [0, 0.1) is 17.8 Å². The molecular weight excluding hydrogens is 369 g/mol. The molecule has 0 spiro atoms. The molecule has 1 aromatic rings. The van der Waals surface area contributed by atoms with Crippen molar-refractivity contribution in [3.8, 4) is 0 Å². The summed E-state index contributed by atoms with van der Waals surface area (Å²) in [5.74, 6) is 1.21. The predicted octanol–water partition coefficient (Wildman–Crippen LogP) is 3.83. The zero-order chi connectivity index (χ0) is 16.5. The van der Waals surface area contributed by atoms with Gasteiger partial charge in [0.05, 0.1) is 5.92 Å². The summed E-state index contributed by atoms with van der Waals surface area (Å²) in [7, 11) is 0. The van der Waals surface area contributed by atoms with Crippen molar-refractivity contribution >= 4 is 36.4 Å². The molecule has 2 bridgehead atoms. The van der Waals surface area contributed by atoms with Crippen molar-refractivity contribution in [2.24, 2.45) is 23.5 Å². The Kier molecular flexibility index (Phi) is 7.77. The second-order valence-corrected chi connectivity index (χ2v) is 7.96. The van der Waals surface area contributed by atoms with Gasteiger partial charge in [-0.3, -0.25) is 9.69 Å². The summed E-state index contributed by atoms with van der Waals surface area (Å²) in [4.78, 5) is 15.2. The van der Waals surface area contributed by atoms with Crippen LogP contribution >= 0.6 is 24.8 Å². The van der Waals surface area contributed by atoms with Crippen molar-refractivity contribution in [2.75, 3.05) is 18.4 Å². The van der Waals surface area contributed by atoms with E-state index < -0.39 is 0 Å².